The van der Waals surface area contributed by atoms with Gasteiger partial charge < -0.3 is 25.4 Å². The van der Waals surface area contributed by atoms with Crippen LogP contribution in [0.25, 0.3) is 0 Å². The highest BCUT2D eigenvalue weighted by Gasteiger charge is 2.28. The van der Waals surface area contributed by atoms with E-state index in [-0.39, 0.29) is 42.2 Å². The Morgan fingerprint density at radius 2 is 1.44 bits per heavy atom. The fraction of sp³-hybridized carbons (Fsp3) is 0.333. The highest BCUT2D eigenvalue weighted by atomic mass is 127. The molecule has 0 fully saturated rings. The van der Waals surface area contributed by atoms with Gasteiger partial charge in [0.1, 0.15) is 11.5 Å². The van der Waals surface area contributed by atoms with Crippen molar-refractivity contribution in [3.8, 4) is 11.5 Å². The van der Waals surface area contributed by atoms with Crippen LogP contribution in [-0.4, -0.2) is 45.4 Å². The molecule has 0 spiro atoms. The van der Waals surface area contributed by atoms with Crippen LogP contribution in [0.4, 0.5) is 13.2 Å². The van der Waals surface area contributed by atoms with Crippen LogP contribution in [0.2, 0.25) is 0 Å². The molecule has 0 bridgehead atoms. The second-order valence-corrected chi connectivity index (χ2v) is 6.45. The van der Waals surface area contributed by atoms with Gasteiger partial charge in [-0.15, -0.1) is 24.0 Å². The minimum Gasteiger partial charge on any atom is -0.497 e. The van der Waals surface area contributed by atoms with E-state index in [1.54, 1.807) is 26.3 Å². The molecule has 32 heavy (non-hydrogen) atoms. The highest BCUT2D eigenvalue weighted by molar-refractivity contribution is 14.0. The van der Waals surface area contributed by atoms with E-state index in [1.165, 1.54) is 12.1 Å². The molecular formula is C21H26F3IN4O3. The van der Waals surface area contributed by atoms with Gasteiger partial charge in [-0.2, -0.15) is 13.2 Å². The van der Waals surface area contributed by atoms with Crippen molar-refractivity contribution in [2.24, 2.45) is 4.99 Å². The van der Waals surface area contributed by atoms with Crippen molar-refractivity contribution in [3.05, 3.63) is 59.7 Å². The summed E-state index contributed by atoms with van der Waals surface area (Å²) in [5.74, 6) is 1.09. The molecule has 176 valence electrons. The number of alkyl halides is 3. The van der Waals surface area contributed by atoms with Crippen LogP contribution in [-0.2, 0) is 17.9 Å². The molecule has 0 radical (unpaired) electrons. The van der Waals surface area contributed by atoms with Crippen molar-refractivity contribution >= 4 is 35.8 Å². The maximum Gasteiger partial charge on any atom is 0.422 e. The third-order valence-electron chi connectivity index (χ3n) is 4.07. The first-order chi connectivity index (χ1) is 14.8. The molecule has 11 heteroatoms. The van der Waals surface area contributed by atoms with Crippen molar-refractivity contribution in [1.29, 1.82) is 0 Å². The normalized spacial score (nSPS) is 11.2. The number of nitrogens with zero attached hydrogens (tertiary/aromatic N) is 1. The molecular weight excluding hydrogens is 540 g/mol. The fourth-order valence-electron chi connectivity index (χ4n) is 2.45. The lowest BCUT2D eigenvalue weighted by Gasteiger charge is -2.13. The standard InChI is InChI=1S/C21H25F3N4O3.HI/c1-25-20(27-12-16-5-9-18(10-6-16)31-14-21(22,23)24)28-13-19(29)26-11-15-3-7-17(30-2)8-4-15;/h3-10H,11-14H2,1-2H3,(H,26,29)(H2,25,27,28);1H. The second kappa shape index (κ2) is 13.7. The minimum atomic E-state index is -4.38. The molecule has 0 aliphatic rings. The van der Waals surface area contributed by atoms with Gasteiger partial charge in [0.15, 0.2) is 12.6 Å². The molecule has 2 rings (SSSR count). The number of rotatable bonds is 9. The number of amides is 1. The van der Waals surface area contributed by atoms with Gasteiger partial charge in [-0.3, -0.25) is 9.79 Å². The summed E-state index contributed by atoms with van der Waals surface area (Å²) in [6.45, 7) is -0.548. The lowest BCUT2D eigenvalue weighted by molar-refractivity contribution is -0.153. The van der Waals surface area contributed by atoms with Crippen LogP contribution >= 0.6 is 24.0 Å². The average Bonchev–Trinajstić information content (AvgIpc) is 2.77. The van der Waals surface area contributed by atoms with E-state index in [4.69, 9.17) is 4.74 Å². The smallest absolute Gasteiger partial charge is 0.422 e. The summed E-state index contributed by atoms with van der Waals surface area (Å²) in [5.41, 5.74) is 1.76. The molecule has 0 saturated carbocycles. The number of hydrogen-bond donors (Lipinski definition) is 3. The van der Waals surface area contributed by atoms with Crippen LogP contribution < -0.4 is 25.4 Å². The van der Waals surface area contributed by atoms with Gasteiger partial charge in [0.2, 0.25) is 5.91 Å². The van der Waals surface area contributed by atoms with Crippen LogP contribution in [0.5, 0.6) is 11.5 Å². The number of carbonyl (C=O) groups is 1. The zero-order valence-electron chi connectivity index (χ0n) is 17.7. The summed E-state index contributed by atoms with van der Waals surface area (Å²) in [6.07, 6.45) is -4.38. The Bertz CT molecular complexity index is 860. The van der Waals surface area contributed by atoms with Gasteiger partial charge >= 0.3 is 6.18 Å². The van der Waals surface area contributed by atoms with E-state index in [0.29, 0.717) is 19.0 Å². The number of nitrogens with one attached hydrogen (secondary N) is 3. The Balaban J connectivity index is 0.00000512. The Labute approximate surface area is 201 Å². The van der Waals surface area contributed by atoms with E-state index >= 15 is 0 Å². The third-order valence-corrected chi connectivity index (χ3v) is 4.07. The number of ether oxygens (including phenoxy) is 2. The van der Waals surface area contributed by atoms with E-state index in [1.807, 2.05) is 24.3 Å². The number of benzene rings is 2. The molecule has 2 aromatic carbocycles. The molecule has 0 atom stereocenters. The number of hydrogen-bond acceptors (Lipinski definition) is 4. The zero-order chi connectivity index (χ0) is 22.7. The molecule has 0 heterocycles. The van der Waals surface area contributed by atoms with Crippen LogP contribution in [0.15, 0.2) is 53.5 Å². The number of halogens is 4. The quantitative estimate of drug-likeness (QED) is 0.247. The van der Waals surface area contributed by atoms with E-state index < -0.39 is 12.8 Å². The Morgan fingerprint density at radius 1 is 0.906 bits per heavy atom. The van der Waals surface area contributed by atoms with Crippen molar-refractivity contribution in [2.75, 3.05) is 27.3 Å². The van der Waals surface area contributed by atoms with E-state index in [2.05, 4.69) is 25.7 Å². The Hall–Kier alpha value is -2.70. The van der Waals surface area contributed by atoms with Crippen LogP contribution in [0, 0.1) is 0 Å². The Kier molecular flexibility index (Phi) is 11.7. The van der Waals surface area contributed by atoms with Crippen LogP contribution in [0.1, 0.15) is 11.1 Å². The molecule has 0 aliphatic carbocycles. The second-order valence-electron chi connectivity index (χ2n) is 6.45. The zero-order valence-corrected chi connectivity index (χ0v) is 20.0. The first-order valence-electron chi connectivity index (χ1n) is 9.41. The van der Waals surface area contributed by atoms with Crippen LogP contribution in [0.3, 0.4) is 0 Å². The molecule has 0 aromatic heterocycles. The molecule has 3 N–H and O–H groups in total. The number of methoxy groups -OCH3 is 1. The highest BCUT2D eigenvalue weighted by Crippen LogP contribution is 2.18. The third kappa shape index (κ3) is 10.6. The SMILES string of the molecule is CN=C(NCC(=O)NCc1ccc(OC)cc1)NCc1ccc(OCC(F)(F)F)cc1.I. The van der Waals surface area contributed by atoms with Crippen molar-refractivity contribution in [2.45, 2.75) is 19.3 Å². The lowest BCUT2D eigenvalue weighted by Crippen LogP contribution is -2.42. The number of guanidine groups is 1. The number of carbonyl (C=O) groups excluding carboxylic acids is 1. The molecule has 0 unspecified atom stereocenters. The van der Waals surface area contributed by atoms with Crippen molar-refractivity contribution in [3.63, 3.8) is 0 Å². The largest absolute Gasteiger partial charge is 0.497 e. The molecule has 0 aliphatic heterocycles. The van der Waals surface area contributed by atoms with Gasteiger partial charge in [-0.1, -0.05) is 24.3 Å². The molecule has 1 amide bonds. The first-order valence-corrected chi connectivity index (χ1v) is 9.41. The maximum atomic E-state index is 12.2. The summed E-state index contributed by atoms with van der Waals surface area (Å²) in [6, 6.07) is 13.6. The predicted octanol–water partition coefficient (Wildman–Crippen LogP) is 3.24. The summed E-state index contributed by atoms with van der Waals surface area (Å²) in [5, 5.41) is 8.73. The lowest BCUT2D eigenvalue weighted by atomic mass is 10.2. The topological polar surface area (TPSA) is 84.0 Å². The minimum absolute atomic E-state index is 0. The van der Waals surface area contributed by atoms with Gasteiger partial charge in [-0.25, -0.2) is 0 Å². The molecule has 0 saturated heterocycles. The van der Waals surface area contributed by atoms with E-state index in [0.717, 1.165) is 16.9 Å². The van der Waals surface area contributed by atoms with Crippen molar-refractivity contribution < 1.29 is 27.4 Å². The molecule has 2 aromatic rings. The van der Waals surface area contributed by atoms with Gasteiger partial charge in [0, 0.05) is 20.1 Å². The van der Waals surface area contributed by atoms with Gasteiger partial charge in [0.05, 0.1) is 13.7 Å². The fourth-order valence-corrected chi connectivity index (χ4v) is 2.45. The van der Waals surface area contributed by atoms with Crippen molar-refractivity contribution in [1.82, 2.24) is 16.0 Å². The monoisotopic (exact) mass is 566 g/mol. The number of aliphatic imine (C=N–C) groups is 1. The molecule has 7 nitrogen and oxygen atoms in total. The Morgan fingerprint density at radius 3 is 1.94 bits per heavy atom. The summed E-state index contributed by atoms with van der Waals surface area (Å²) >= 11 is 0. The summed E-state index contributed by atoms with van der Waals surface area (Å²) in [4.78, 5) is 16.1. The first kappa shape index (κ1) is 27.3. The van der Waals surface area contributed by atoms with E-state index in [9.17, 15) is 18.0 Å². The summed E-state index contributed by atoms with van der Waals surface area (Å²) in [7, 11) is 3.16. The summed E-state index contributed by atoms with van der Waals surface area (Å²) < 4.78 is 46.3. The van der Waals surface area contributed by atoms with Gasteiger partial charge in [-0.05, 0) is 35.4 Å². The van der Waals surface area contributed by atoms with Gasteiger partial charge in [0.25, 0.3) is 0 Å². The predicted molar refractivity (Wildman–Crippen MR) is 126 cm³/mol. The average molecular weight is 566 g/mol. The maximum absolute atomic E-state index is 12.2.